The number of thiophene rings is 1. The van der Waals surface area contributed by atoms with Crippen LogP contribution in [-0.2, 0) is 14.8 Å². The summed E-state index contributed by atoms with van der Waals surface area (Å²) in [4.78, 5) is 12.7. The first-order valence-corrected chi connectivity index (χ1v) is 12.2. The SMILES string of the molecule is COc1ccc(C(=O)OC2CC3CCC2C3NS(=O)(=O)c2ccc(Cl)s2)cc1OC. The van der Waals surface area contributed by atoms with Crippen molar-refractivity contribution in [3.8, 4) is 11.5 Å². The fourth-order valence-corrected chi connectivity index (χ4v) is 7.29. The first-order valence-electron chi connectivity index (χ1n) is 9.53. The van der Waals surface area contributed by atoms with Crippen molar-refractivity contribution in [2.45, 2.75) is 35.6 Å². The largest absolute Gasteiger partial charge is 0.493 e. The summed E-state index contributed by atoms with van der Waals surface area (Å²) in [5.41, 5.74) is 0.362. The molecule has 2 bridgehead atoms. The first-order chi connectivity index (χ1) is 14.3. The Balaban J connectivity index is 1.45. The molecule has 2 aliphatic carbocycles. The summed E-state index contributed by atoms with van der Waals surface area (Å²) in [6, 6.07) is 7.67. The van der Waals surface area contributed by atoms with Crippen molar-refractivity contribution in [1.82, 2.24) is 4.72 Å². The van der Waals surface area contributed by atoms with Crippen LogP contribution in [0.3, 0.4) is 0 Å². The van der Waals surface area contributed by atoms with E-state index >= 15 is 0 Å². The quantitative estimate of drug-likeness (QED) is 0.619. The van der Waals surface area contributed by atoms with E-state index in [1.165, 1.54) is 20.3 Å². The van der Waals surface area contributed by atoms with Gasteiger partial charge in [-0.15, -0.1) is 11.3 Å². The van der Waals surface area contributed by atoms with Gasteiger partial charge in [-0.25, -0.2) is 17.9 Å². The molecule has 162 valence electrons. The van der Waals surface area contributed by atoms with Crippen molar-refractivity contribution >= 4 is 38.9 Å². The Labute approximate surface area is 184 Å². The van der Waals surface area contributed by atoms with E-state index in [2.05, 4.69) is 4.72 Å². The Morgan fingerprint density at radius 1 is 1.13 bits per heavy atom. The molecule has 2 fully saturated rings. The van der Waals surface area contributed by atoms with Gasteiger partial charge in [0.15, 0.2) is 11.5 Å². The monoisotopic (exact) mass is 471 g/mol. The van der Waals surface area contributed by atoms with Crippen LogP contribution in [0.4, 0.5) is 0 Å². The van der Waals surface area contributed by atoms with Crippen molar-refractivity contribution in [1.29, 1.82) is 0 Å². The minimum absolute atomic E-state index is 0.0516. The molecule has 2 saturated carbocycles. The second-order valence-electron chi connectivity index (χ2n) is 7.46. The van der Waals surface area contributed by atoms with Crippen LogP contribution in [0.5, 0.6) is 11.5 Å². The van der Waals surface area contributed by atoms with Gasteiger partial charge in [-0.2, -0.15) is 0 Å². The lowest BCUT2D eigenvalue weighted by atomic mass is 9.97. The van der Waals surface area contributed by atoms with E-state index in [1.807, 2.05) is 0 Å². The number of fused-ring (bicyclic) bond motifs is 2. The lowest BCUT2D eigenvalue weighted by Gasteiger charge is -2.23. The summed E-state index contributed by atoms with van der Waals surface area (Å²) in [5.74, 6) is 0.602. The molecule has 4 unspecified atom stereocenters. The topological polar surface area (TPSA) is 90.9 Å². The van der Waals surface area contributed by atoms with E-state index < -0.39 is 16.0 Å². The van der Waals surface area contributed by atoms with Crippen molar-refractivity contribution in [2.75, 3.05) is 14.2 Å². The Morgan fingerprint density at radius 3 is 2.57 bits per heavy atom. The summed E-state index contributed by atoms with van der Waals surface area (Å²) >= 11 is 6.91. The number of sulfonamides is 1. The van der Waals surface area contributed by atoms with E-state index in [0.29, 0.717) is 27.8 Å². The highest BCUT2D eigenvalue weighted by molar-refractivity contribution is 7.91. The van der Waals surface area contributed by atoms with Gasteiger partial charge < -0.3 is 14.2 Å². The van der Waals surface area contributed by atoms with Gasteiger partial charge in [0.1, 0.15) is 10.3 Å². The molecular weight excluding hydrogens is 450 g/mol. The molecule has 1 aromatic carbocycles. The van der Waals surface area contributed by atoms with E-state index in [-0.39, 0.29) is 28.2 Å². The number of nitrogens with one attached hydrogen (secondary N) is 1. The number of hydrogen-bond donors (Lipinski definition) is 1. The van der Waals surface area contributed by atoms with Crippen LogP contribution in [0.25, 0.3) is 0 Å². The van der Waals surface area contributed by atoms with Crippen molar-refractivity contribution in [3.63, 3.8) is 0 Å². The fraction of sp³-hybridized carbons (Fsp3) is 0.450. The highest BCUT2D eigenvalue weighted by Gasteiger charge is 2.51. The van der Waals surface area contributed by atoms with E-state index in [0.717, 1.165) is 24.2 Å². The Kier molecular flexibility index (Phi) is 5.98. The Bertz CT molecular complexity index is 1050. The molecular formula is C20H22ClNO6S2. The third-order valence-electron chi connectivity index (χ3n) is 5.83. The van der Waals surface area contributed by atoms with Gasteiger partial charge in [-0.05, 0) is 55.5 Å². The van der Waals surface area contributed by atoms with Gasteiger partial charge in [0, 0.05) is 12.0 Å². The lowest BCUT2D eigenvalue weighted by molar-refractivity contribution is 0.0151. The van der Waals surface area contributed by atoms with Crippen molar-refractivity contribution < 1.29 is 27.4 Å². The van der Waals surface area contributed by atoms with Crippen LogP contribution in [0.15, 0.2) is 34.5 Å². The van der Waals surface area contributed by atoms with Crippen LogP contribution in [-0.4, -0.2) is 40.8 Å². The van der Waals surface area contributed by atoms with Crippen LogP contribution in [0.1, 0.15) is 29.6 Å². The predicted molar refractivity (Wildman–Crippen MR) is 113 cm³/mol. The summed E-state index contributed by atoms with van der Waals surface area (Å²) in [5, 5.41) is 0. The number of carbonyl (C=O) groups excluding carboxylic acids is 1. The molecule has 30 heavy (non-hydrogen) atoms. The normalized spacial score (nSPS) is 25.3. The minimum Gasteiger partial charge on any atom is -0.493 e. The van der Waals surface area contributed by atoms with Crippen LogP contribution >= 0.6 is 22.9 Å². The van der Waals surface area contributed by atoms with E-state index in [9.17, 15) is 13.2 Å². The molecule has 0 saturated heterocycles. The van der Waals surface area contributed by atoms with E-state index in [4.69, 9.17) is 25.8 Å². The summed E-state index contributed by atoms with van der Waals surface area (Å²) in [7, 11) is -0.632. The number of benzene rings is 1. The molecule has 4 atom stereocenters. The van der Waals surface area contributed by atoms with Gasteiger partial charge in [-0.3, -0.25) is 0 Å². The van der Waals surface area contributed by atoms with Gasteiger partial charge >= 0.3 is 5.97 Å². The second-order valence-corrected chi connectivity index (χ2v) is 11.1. The van der Waals surface area contributed by atoms with Gasteiger partial charge in [0.2, 0.25) is 10.0 Å². The molecule has 1 aromatic heterocycles. The van der Waals surface area contributed by atoms with Crippen LogP contribution in [0, 0.1) is 11.8 Å². The second kappa shape index (κ2) is 8.37. The maximum absolute atomic E-state index is 12.7. The number of hydrogen-bond acceptors (Lipinski definition) is 7. The zero-order chi connectivity index (χ0) is 21.5. The van der Waals surface area contributed by atoms with Crippen molar-refractivity contribution in [3.05, 3.63) is 40.2 Å². The number of methoxy groups -OCH3 is 2. The van der Waals surface area contributed by atoms with Crippen LogP contribution in [0.2, 0.25) is 4.34 Å². The average molecular weight is 472 g/mol. The molecule has 0 radical (unpaired) electrons. The maximum Gasteiger partial charge on any atom is 0.338 e. The van der Waals surface area contributed by atoms with E-state index in [1.54, 1.807) is 24.3 Å². The van der Waals surface area contributed by atoms with Crippen LogP contribution < -0.4 is 14.2 Å². The smallest absolute Gasteiger partial charge is 0.338 e. The molecule has 7 nitrogen and oxygen atoms in total. The Hall–Kier alpha value is -1.81. The molecule has 4 rings (SSSR count). The highest BCUT2D eigenvalue weighted by atomic mass is 35.5. The first kappa shape index (κ1) is 21.4. The molecule has 0 amide bonds. The molecule has 0 spiro atoms. The standard InChI is InChI=1S/C20H22ClNO6S2/c1-26-14-6-4-12(10-16(14)27-2)20(23)28-15-9-11-3-5-13(15)19(11)22-30(24,25)18-8-7-17(21)29-18/h4,6-8,10-11,13,15,19,22H,3,5,9H2,1-2H3. The molecule has 2 aliphatic rings. The Morgan fingerprint density at radius 2 is 1.90 bits per heavy atom. The van der Waals surface area contributed by atoms with Gasteiger partial charge in [0.25, 0.3) is 0 Å². The molecule has 0 aliphatic heterocycles. The summed E-state index contributed by atoms with van der Waals surface area (Å²) < 4.78 is 45.1. The number of rotatable bonds is 7. The highest BCUT2D eigenvalue weighted by Crippen LogP contribution is 2.47. The molecule has 10 heteroatoms. The molecule has 2 aromatic rings. The minimum atomic E-state index is -3.66. The number of halogens is 1. The number of carbonyl (C=O) groups is 1. The van der Waals surface area contributed by atoms with Gasteiger partial charge in [-0.1, -0.05) is 11.6 Å². The molecule has 1 heterocycles. The zero-order valence-corrected chi connectivity index (χ0v) is 18.9. The maximum atomic E-state index is 12.7. The zero-order valence-electron chi connectivity index (χ0n) is 16.5. The lowest BCUT2D eigenvalue weighted by Crippen LogP contribution is -2.39. The predicted octanol–water partition coefficient (Wildman–Crippen LogP) is 3.72. The third-order valence-corrected chi connectivity index (χ3v) is 9.02. The van der Waals surface area contributed by atoms with Crippen molar-refractivity contribution in [2.24, 2.45) is 11.8 Å². The van der Waals surface area contributed by atoms with Gasteiger partial charge in [0.05, 0.1) is 24.1 Å². The number of ether oxygens (including phenoxy) is 3. The molecule has 1 N–H and O–H groups in total. The summed E-state index contributed by atoms with van der Waals surface area (Å²) in [6.45, 7) is 0. The average Bonchev–Trinajstić information content (AvgIpc) is 3.42. The fourth-order valence-electron chi connectivity index (χ4n) is 4.44. The third kappa shape index (κ3) is 4.03. The summed E-state index contributed by atoms with van der Waals surface area (Å²) in [6.07, 6.45) is 2.03. The number of esters is 1.